The van der Waals surface area contributed by atoms with Gasteiger partial charge < -0.3 is 4.42 Å². The molecule has 2 aliphatic rings. The maximum atomic E-state index is 14.6. The molecule has 33 heavy (non-hydrogen) atoms. The summed E-state index contributed by atoms with van der Waals surface area (Å²) in [6, 6.07) is 23.3. The van der Waals surface area contributed by atoms with Crippen LogP contribution in [0, 0.1) is 6.92 Å². The quantitative estimate of drug-likeness (QED) is 0.269. The largest absolute Gasteiger partial charge is 0.455 e. The number of hydrogen-bond acceptors (Lipinski definition) is 2. The van der Waals surface area contributed by atoms with Gasteiger partial charge in [-0.05, 0) is 79.8 Å². The van der Waals surface area contributed by atoms with Crippen LogP contribution in [0.3, 0.4) is 0 Å². The number of fused-ring (bicyclic) bond motifs is 3. The Morgan fingerprint density at radius 2 is 1.79 bits per heavy atom. The van der Waals surface area contributed by atoms with Crippen molar-refractivity contribution in [1.82, 2.24) is 0 Å². The second kappa shape index (κ2) is 6.54. The number of alkyl halides is 1. The van der Waals surface area contributed by atoms with Gasteiger partial charge in [-0.1, -0.05) is 42.5 Å². The van der Waals surface area contributed by atoms with Gasteiger partial charge in [0.15, 0.2) is 0 Å². The van der Waals surface area contributed by atoms with E-state index in [2.05, 4.69) is 61.5 Å². The predicted molar refractivity (Wildman–Crippen MR) is 134 cm³/mol. The minimum atomic E-state index is -1.07. The molecule has 162 valence electrons. The van der Waals surface area contributed by atoms with Gasteiger partial charge in [-0.15, -0.1) is 0 Å². The van der Waals surface area contributed by atoms with Gasteiger partial charge >= 0.3 is 0 Å². The Morgan fingerprint density at radius 1 is 0.939 bits per heavy atom. The van der Waals surface area contributed by atoms with Crippen molar-refractivity contribution in [3.63, 3.8) is 0 Å². The average Bonchev–Trinajstić information content (AvgIpc) is 3.48. The third-order valence-electron chi connectivity index (χ3n) is 7.54. The summed E-state index contributed by atoms with van der Waals surface area (Å²) in [6.07, 6.45) is 2.13. The summed E-state index contributed by atoms with van der Waals surface area (Å²) in [5, 5.41) is 4.65. The topological polar surface area (TPSA) is 25.5 Å². The van der Waals surface area contributed by atoms with E-state index >= 15 is 0 Å². The summed E-state index contributed by atoms with van der Waals surface area (Å²) in [5.74, 6) is 0.259. The van der Waals surface area contributed by atoms with E-state index in [1.165, 1.54) is 21.9 Å². The van der Waals surface area contributed by atoms with E-state index in [1.807, 2.05) is 12.1 Å². The van der Waals surface area contributed by atoms with E-state index in [-0.39, 0.29) is 5.92 Å². The number of nitrogens with zero attached hydrogens (tertiary/aromatic N) is 1. The molecule has 1 aliphatic carbocycles. The molecule has 2 heterocycles. The van der Waals surface area contributed by atoms with Crippen LogP contribution in [-0.2, 0) is 0 Å². The van der Waals surface area contributed by atoms with Gasteiger partial charge in [0, 0.05) is 27.3 Å². The molecule has 1 aromatic heterocycles. The summed E-state index contributed by atoms with van der Waals surface area (Å²) >= 11 is 0. The molecule has 2 unspecified atom stereocenters. The SMILES string of the molecule is Cc1cc(C2=Nc3ccc(C4CCC(C)(F)C4)c4cccc2c34)c2oc3ccccc3c2c1. The standard InChI is InChI=1S/C30H24FNO/c1-17-14-23-20-6-3-4-9-26(20)33-29(23)24(15-17)28-22-8-5-7-21-19(10-11-25(32-28)27(21)22)18-12-13-30(2,31)16-18/h3-11,14-15,18H,12-13,16H2,1-2H3. The van der Waals surface area contributed by atoms with E-state index in [0.717, 1.165) is 50.9 Å². The second-order valence-electron chi connectivity index (χ2n) is 10.0. The van der Waals surface area contributed by atoms with Crippen molar-refractivity contribution in [1.29, 1.82) is 0 Å². The van der Waals surface area contributed by atoms with Crippen molar-refractivity contribution in [3.05, 3.63) is 89.0 Å². The molecular weight excluding hydrogens is 409 g/mol. The Bertz CT molecular complexity index is 1640. The first-order valence-electron chi connectivity index (χ1n) is 11.7. The zero-order valence-corrected chi connectivity index (χ0v) is 18.8. The van der Waals surface area contributed by atoms with Crippen LogP contribution in [-0.4, -0.2) is 11.4 Å². The zero-order valence-electron chi connectivity index (χ0n) is 18.8. The van der Waals surface area contributed by atoms with Gasteiger partial charge in [-0.3, -0.25) is 0 Å². The number of halogens is 1. The van der Waals surface area contributed by atoms with Crippen LogP contribution in [0.15, 0.2) is 76.1 Å². The highest BCUT2D eigenvalue weighted by Gasteiger charge is 2.37. The molecule has 2 nitrogen and oxygen atoms in total. The van der Waals surface area contributed by atoms with Crippen molar-refractivity contribution >= 4 is 44.1 Å². The molecule has 1 fully saturated rings. The molecule has 0 spiro atoms. The Labute approximate surface area is 191 Å². The number of furan rings is 1. The zero-order chi connectivity index (χ0) is 22.3. The van der Waals surface area contributed by atoms with Gasteiger partial charge in [-0.2, -0.15) is 0 Å². The third kappa shape index (κ3) is 2.75. The molecular formula is C30H24FNO. The fourth-order valence-electron chi connectivity index (χ4n) is 6.05. The molecule has 4 aromatic carbocycles. The monoisotopic (exact) mass is 433 g/mol. The number of benzene rings is 4. The van der Waals surface area contributed by atoms with Crippen molar-refractivity contribution in [2.45, 2.75) is 44.7 Å². The minimum absolute atomic E-state index is 0.259. The number of aryl methyl sites for hydroxylation is 1. The Kier molecular flexibility index (Phi) is 3.77. The Balaban J connectivity index is 1.45. The van der Waals surface area contributed by atoms with Crippen LogP contribution in [0.25, 0.3) is 32.7 Å². The lowest BCUT2D eigenvalue weighted by atomic mass is 9.88. The molecule has 0 radical (unpaired) electrons. The van der Waals surface area contributed by atoms with E-state index in [9.17, 15) is 4.39 Å². The first-order valence-corrected chi connectivity index (χ1v) is 11.7. The van der Waals surface area contributed by atoms with E-state index < -0.39 is 5.67 Å². The molecule has 7 rings (SSSR count). The van der Waals surface area contributed by atoms with Crippen molar-refractivity contribution in [2.75, 3.05) is 0 Å². The number of aliphatic imine (C=N–C) groups is 1. The molecule has 0 bridgehead atoms. The normalized spacial score (nSPS) is 22.0. The maximum absolute atomic E-state index is 14.6. The highest BCUT2D eigenvalue weighted by atomic mass is 19.1. The lowest BCUT2D eigenvalue weighted by Gasteiger charge is -2.16. The maximum Gasteiger partial charge on any atom is 0.144 e. The summed E-state index contributed by atoms with van der Waals surface area (Å²) in [5.41, 5.74) is 7.27. The first-order chi connectivity index (χ1) is 16.0. The highest BCUT2D eigenvalue weighted by Crippen LogP contribution is 2.48. The van der Waals surface area contributed by atoms with Crippen molar-refractivity contribution < 1.29 is 8.81 Å². The van der Waals surface area contributed by atoms with E-state index in [0.29, 0.717) is 12.8 Å². The lowest BCUT2D eigenvalue weighted by molar-refractivity contribution is 0.197. The summed E-state index contributed by atoms with van der Waals surface area (Å²) in [4.78, 5) is 5.11. The molecule has 0 N–H and O–H groups in total. The summed E-state index contributed by atoms with van der Waals surface area (Å²) in [6.45, 7) is 3.87. The van der Waals surface area contributed by atoms with Crippen LogP contribution in [0.2, 0.25) is 0 Å². The minimum Gasteiger partial charge on any atom is -0.455 e. The van der Waals surface area contributed by atoms with Crippen LogP contribution < -0.4 is 0 Å². The molecule has 0 amide bonds. The second-order valence-corrected chi connectivity index (χ2v) is 10.0. The smallest absolute Gasteiger partial charge is 0.144 e. The Morgan fingerprint density at radius 3 is 2.64 bits per heavy atom. The molecule has 0 saturated heterocycles. The summed E-state index contributed by atoms with van der Waals surface area (Å²) in [7, 11) is 0. The number of rotatable bonds is 2. The average molecular weight is 434 g/mol. The number of hydrogen-bond donors (Lipinski definition) is 0. The van der Waals surface area contributed by atoms with Gasteiger partial charge in [0.05, 0.1) is 11.4 Å². The Hall–Kier alpha value is -3.46. The van der Waals surface area contributed by atoms with Gasteiger partial charge in [0.25, 0.3) is 0 Å². The van der Waals surface area contributed by atoms with Crippen LogP contribution in [0.4, 0.5) is 10.1 Å². The third-order valence-corrected chi connectivity index (χ3v) is 7.54. The number of para-hydroxylation sites is 1. The van der Waals surface area contributed by atoms with Crippen LogP contribution in [0.1, 0.15) is 54.4 Å². The lowest BCUT2D eigenvalue weighted by Crippen LogP contribution is -2.11. The van der Waals surface area contributed by atoms with Crippen molar-refractivity contribution in [3.8, 4) is 0 Å². The fraction of sp³-hybridized carbons (Fsp3) is 0.233. The highest BCUT2D eigenvalue weighted by molar-refractivity contribution is 6.30. The van der Waals surface area contributed by atoms with Crippen LogP contribution >= 0.6 is 0 Å². The molecule has 3 heteroatoms. The molecule has 2 atom stereocenters. The van der Waals surface area contributed by atoms with Gasteiger partial charge in [0.2, 0.25) is 0 Å². The molecule has 5 aromatic rings. The predicted octanol–water partition coefficient (Wildman–Crippen LogP) is 8.53. The molecule has 1 saturated carbocycles. The summed E-state index contributed by atoms with van der Waals surface area (Å²) < 4.78 is 21.0. The van der Waals surface area contributed by atoms with E-state index in [1.54, 1.807) is 6.92 Å². The fourth-order valence-corrected chi connectivity index (χ4v) is 6.05. The van der Waals surface area contributed by atoms with Gasteiger partial charge in [0.1, 0.15) is 16.8 Å². The van der Waals surface area contributed by atoms with E-state index in [4.69, 9.17) is 9.41 Å². The van der Waals surface area contributed by atoms with Crippen LogP contribution in [0.5, 0.6) is 0 Å². The molecule has 1 aliphatic heterocycles. The van der Waals surface area contributed by atoms with Gasteiger partial charge in [-0.25, -0.2) is 9.38 Å². The first kappa shape index (κ1) is 19.0. The van der Waals surface area contributed by atoms with Crippen molar-refractivity contribution in [2.24, 2.45) is 4.99 Å².